The third-order valence-corrected chi connectivity index (χ3v) is 1.89. The van der Waals surface area contributed by atoms with Crippen LogP contribution in [0.2, 0.25) is 0 Å². The molecular formula is C11H13NO3. The van der Waals surface area contributed by atoms with Crippen molar-refractivity contribution in [3.05, 3.63) is 36.0 Å². The fraction of sp³-hybridized carbons (Fsp3) is 0.182. The van der Waals surface area contributed by atoms with Crippen LogP contribution in [0.15, 0.2) is 30.5 Å². The lowest BCUT2D eigenvalue weighted by Crippen LogP contribution is -2.09. The van der Waals surface area contributed by atoms with Gasteiger partial charge in [0, 0.05) is 6.54 Å². The molecule has 15 heavy (non-hydrogen) atoms. The molecule has 0 bridgehead atoms. The standard InChI is InChI=1S/C11H13NO3/c13-7-1-5-12-6-4-9-2-3-10(14)11(15)8-9/h1-3,5,7-8,12,14-15H,4,6H2/b5-1+. The monoisotopic (exact) mass is 207 g/mol. The quantitative estimate of drug-likeness (QED) is 0.291. The summed E-state index contributed by atoms with van der Waals surface area (Å²) in [6, 6.07) is 4.70. The highest BCUT2D eigenvalue weighted by Gasteiger charge is 1.99. The molecule has 3 N–H and O–H groups in total. The maximum atomic E-state index is 9.93. The van der Waals surface area contributed by atoms with Crippen LogP contribution in [0.25, 0.3) is 0 Å². The Morgan fingerprint density at radius 3 is 2.73 bits per heavy atom. The molecule has 0 aliphatic heterocycles. The van der Waals surface area contributed by atoms with Crippen LogP contribution in [0.4, 0.5) is 0 Å². The lowest BCUT2D eigenvalue weighted by molar-refractivity contribution is -0.104. The number of allylic oxidation sites excluding steroid dienone is 1. The van der Waals surface area contributed by atoms with Crippen molar-refractivity contribution in [1.29, 1.82) is 0 Å². The molecule has 0 saturated carbocycles. The van der Waals surface area contributed by atoms with Crippen LogP contribution in [0.5, 0.6) is 11.5 Å². The van der Waals surface area contributed by atoms with Gasteiger partial charge in [0.1, 0.15) is 6.29 Å². The second-order valence-corrected chi connectivity index (χ2v) is 3.02. The molecule has 4 heteroatoms. The zero-order chi connectivity index (χ0) is 11.1. The summed E-state index contributed by atoms with van der Waals surface area (Å²) in [6.07, 6.45) is 4.33. The summed E-state index contributed by atoms with van der Waals surface area (Å²) < 4.78 is 0. The minimum absolute atomic E-state index is 0.115. The number of phenolic OH excluding ortho intramolecular Hbond substituents is 2. The van der Waals surface area contributed by atoms with Gasteiger partial charge < -0.3 is 15.5 Å². The van der Waals surface area contributed by atoms with Gasteiger partial charge in [-0.15, -0.1) is 0 Å². The highest BCUT2D eigenvalue weighted by molar-refractivity contribution is 5.64. The van der Waals surface area contributed by atoms with Crippen molar-refractivity contribution in [3.63, 3.8) is 0 Å². The molecule has 1 rings (SSSR count). The average Bonchev–Trinajstić information content (AvgIpc) is 2.23. The summed E-state index contributed by atoms with van der Waals surface area (Å²) in [5, 5.41) is 21.2. The molecule has 0 aliphatic carbocycles. The zero-order valence-electron chi connectivity index (χ0n) is 8.18. The molecule has 0 unspecified atom stereocenters. The molecule has 0 saturated heterocycles. The van der Waals surface area contributed by atoms with Crippen molar-refractivity contribution >= 4 is 6.29 Å². The fourth-order valence-electron chi connectivity index (χ4n) is 1.13. The summed E-state index contributed by atoms with van der Waals surface area (Å²) in [6.45, 7) is 0.661. The maximum absolute atomic E-state index is 9.93. The molecule has 0 spiro atoms. The number of aromatic hydroxyl groups is 2. The van der Waals surface area contributed by atoms with E-state index in [-0.39, 0.29) is 11.5 Å². The zero-order valence-corrected chi connectivity index (χ0v) is 8.18. The van der Waals surface area contributed by atoms with E-state index in [1.807, 2.05) is 0 Å². The largest absolute Gasteiger partial charge is 0.504 e. The molecule has 0 aliphatic rings. The van der Waals surface area contributed by atoms with Crippen LogP contribution in [0, 0.1) is 0 Å². The Kier molecular flexibility index (Phi) is 4.22. The van der Waals surface area contributed by atoms with E-state index >= 15 is 0 Å². The van der Waals surface area contributed by atoms with Crippen LogP contribution in [-0.4, -0.2) is 23.0 Å². The third kappa shape index (κ3) is 3.72. The Balaban J connectivity index is 2.41. The van der Waals surface area contributed by atoms with E-state index in [1.54, 1.807) is 12.3 Å². The summed E-state index contributed by atoms with van der Waals surface area (Å²) in [5.74, 6) is -0.233. The number of nitrogens with one attached hydrogen (secondary N) is 1. The molecule has 0 heterocycles. The van der Waals surface area contributed by atoms with Crippen molar-refractivity contribution in [1.82, 2.24) is 5.32 Å². The highest BCUT2D eigenvalue weighted by atomic mass is 16.3. The minimum Gasteiger partial charge on any atom is -0.504 e. The van der Waals surface area contributed by atoms with E-state index in [2.05, 4.69) is 5.32 Å². The van der Waals surface area contributed by atoms with Crippen molar-refractivity contribution in [2.24, 2.45) is 0 Å². The van der Waals surface area contributed by atoms with Gasteiger partial charge in [-0.25, -0.2) is 0 Å². The SMILES string of the molecule is O=C/C=C/NCCc1ccc(O)c(O)c1. The second kappa shape index (κ2) is 5.70. The lowest BCUT2D eigenvalue weighted by atomic mass is 10.1. The summed E-state index contributed by atoms with van der Waals surface area (Å²) in [7, 11) is 0. The van der Waals surface area contributed by atoms with E-state index in [0.717, 1.165) is 5.56 Å². The van der Waals surface area contributed by atoms with Gasteiger partial charge in [0.15, 0.2) is 11.5 Å². The fourth-order valence-corrected chi connectivity index (χ4v) is 1.13. The first-order chi connectivity index (χ1) is 7.24. The third-order valence-electron chi connectivity index (χ3n) is 1.89. The van der Waals surface area contributed by atoms with Crippen LogP contribution in [0.3, 0.4) is 0 Å². The minimum atomic E-state index is -0.118. The van der Waals surface area contributed by atoms with E-state index in [4.69, 9.17) is 5.11 Å². The first-order valence-corrected chi connectivity index (χ1v) is 4.58. The van der Waals surface area contributed by atoms with Crippen molar-refractivity contribution in [2.75, 3.05) is 6.54 Å². The van der Waals surface area contributed by atoms with E-state index in [0.29, 0.717) is 19.3 Å². The molecule has 0 atom stereocenters. The normalized spacial score (nSPS) is 10.4. The van der Waals surface area contributed by atoms with Gasteiger partial charge in [-0.3, -0.25) is 4.79 Å². The molecule has 0 fully saturated rings. The number of carbonyl (C=O) groups is 1. The summed E-state index contributed by atoms with van der Waals surface area (Å²) >= 11 is 0. The smallest absolute Gasteiger partial charge is 0.157 e. The van der Waals surface area contributed by atoms with E-state index < -0.39 is 0 Å². The average molecular weight is 207 g/mol. The van der Waals surface area contributed by atoms with Gasteiger partial charge in [-0.05, 0) is 36.4 Å². The molecule has 4 nitrogen and oxygen atoms in total. The van der Waals surface area contributed by atoms with Gasteiger partial charge in [0.25, 0.3) is 0 Å². The number of rotatable bonds is 5. The summed E-state index contributed by atoms with van der Waals surface area (Å²) in [5.41, 5.74) is 0.914. The van der Waals surface area contributed by atoms with Gasteiger partial charge in [0.2, 0.25) is 0 Å². The Bertz CT molecular complexity index is 361. The number of phenols is 2. The second-order valence-electron chi connectivity index (χ2n) is 3.02. The Labute approximate surface area is 87.9 Å². The highest BCUT2D eigenvalue weighted by Crippen LogP contribution is 2.24. The molecular weight excluding hydrogens is 194 g/mol. The topological polar surface area (TPSA) is 69.6 Å². The van der Waals surface area contributed by atoms with Crippen LogP contribution < -0.4 is 5.32 Å². The first-order valence-electron chi connectivity index (χ1n) is 4.58. The van der Waals surface area contributed by atoms with Gasteiger partial charge in [0.05, 0.1) is 0 Å². The number of benzene rings is 1. The van der Waals surface area contributed by atoms with E-state index in [9.17, 15) is 9.90 Å². The molecule has 1 aromatic carbocycles. The van der Waals surface area contributed by atoms with Crippen LogP contribution >= 0.6 is 0 Å². The first kappa shape index (κ1) is 11.1. The molecule has 0 amide bonds. The number of hydrogen-bond donors (Lipinski definition) is 3. The molecule has 0 aromatic heterocycles. The Morgan fingerprint density at radius 1 is 1.27 bits per heavy atom. The summed E-state index contributed by atoms with van der Waals surface area (Å²) in [4.78, 5) is 9.93. The van der Waals surface area contributed by atoms with Gasteiger partial charge >= 0.3 is 0 Å². The maximum Gasteiger partial charge on any atom is 0.157 e. The Morgan fingerprint density at radius 2 is 2.07 bits per heavy atom. The number of carbonyl (C=O) groups excluding carboxylic acids is 1. The lowest BCUT2D eigenvalue weighted by Gasteiger charge is -2.03. The number of aldehydes is 1. The van der Waals surface area contributed by atoms with E-state index in [1.165, 1.54) is 18.2 Å². The van der Waals surface area contributed by atoms with Crippen LogP contribution in [0.1, 0.15) is 5.56 Å². The van der Waals surface area contributed by atoms with Crippen molar-refractivity contribution < 1.29 is 15.0 Å². The molecule has 1 aromatic rings. The molecule has 0 radical (unpaired) electrons. The van der Waals surface area contributed by atoms with Gasteiger partial charge in [-0.2, -0.15) is 0 Å². The Hall–Kier alpha value is -1.97. The van der Waals surface area contributed by atoms with Crippen molar-refractivity contribution in [2.45, 2.75) is 6.42 Å². The predicted octanol–water partition coefficient (Wildman–Crippen LogP) is 0.942. The van der Waals surface area contributed by atoms with Gasteiger partial charge in [-0.1, -0.05) is 6.07 Å². The molecule has 80 valence electrons. The van der Waals surface area contributed by atoms with Crippen molar-refractivity contribution in [3.8, 4) is 11.5 Å². The number of hydrogen-bond acceptors (Lipinski definition) is 4. The predicted molar refractivity (Wildman–Crippen MR) is 56.7 cm³/mol. The van der Waals surface area contributed by atoms with Crippen LogP contribution in [-0.2, 0) is 11.2 Å².